The van der Waals surface area contributed by atoms with Crippen LogP contribution in [0.2, 0.25) is 0 Å². The van der Waals surface area contributed by atoms with Gasteiger partial charge in [0.15, 0.2) is 9.84 Å². The van der Waals surface area contributed by atoms with Gasteiger partial charge in [0, 0.05) is 44.2 Å². The molecule has 1 fully saturated rings. The molecule has 2 aliphatic heterocycles. The van der Waals surface area contributed by atoms with Gasteiger partial charge in [-0.1, -0.05) is 30.3 Å². The van der Waals surface area contributed by atoms with Crippen molar-refractivity contribution in [1.29, 1.82) is 0 Å². The van der Waals surface area contributed by atoms with Crippen LogP contribution in [0.1, 0.15) is 30.3 Å². The largest absolute Gasteiger partial charge is 0.452 e. The Balaban J connectivity index is 1.52. The van der Waals surface area contributed by atoms with E-state index in [9.17, 15) is 13.2 Å². The van der Waals surface area contributed by atoms with Crippen LogP contribution in [0.25, 0.3) is 11.0 Å². The van der Waals surface area contributed by atoms with Crippen molar-refractivity contribution in [2.24, 2.45) is 0 Å². The number of imidazole rings is 1. The molecule has 0 aliphatic carbocycles. The average Bonchev–Trinajstić information content (AvgIpc) is 3.20. The Labute approximate surface area is 206 Å². The average molecular weight is 497 g/mol. The van der Waals surface area contributed by atoms with Crippen molar-refractivity contribution in [1.82, 2.24) is 14.5 Å². The number of hydrogen-bond donors (Lipinski definition) is 0. The molecule has 186 valence electrons. The summed E-state index contributed by atoms with van der Waals surface area (Å²) in [6, 6.07) is 14.4. The molecule has 1 amide bonds. The second kappa shape index (κ2) is 9.62. The monoisotopic (exact) mass is 496 g/mol. The topological polar surface area (TPSA) is 84.7 Å². The van der Waals surface area contributed by atoms with Gasteiger partial charge in [0.1, 0.15) is 5.82 Å². The number of sulfone groups is 1. The zero-order valence-corrected chi connectivity index (χ0v) is 21.1. The number of aromatic nitrogens is 2. The molecule has 1 atom stereocenters. The minimum atomic E-state index is -2.90. The van der Waals surface area contributed by atoms with E-state index < -0.39 is 9.84 Å². The van der Waals surface area contributed by atoms with Gasteiger partial charge >= 0.3 is 6.09 Å². The van der Waals surface area contributed by atoms with E-state index >= 15 is 0 Å². The number of anilines is 1. The molecule has 0 saturated carbocycles. The summed E-state index contributed by atoms with van der Waals surface area (Å²) in [7, 11) is -1.49. The number of fused-ring (bicyclic) bond motifs is 3. The summed E-state index contributed by atoms with van der Waals surface area (Å²) in [4.78, 5) is 21.6. The number of aryl methyl sites for hydroxylation is 1. The highest BCUT2D eigenvalue weighted by molar-refractivity contribution is 7.91. The Kier molecular flexibility index (Phi) is 6.55. The Bertz CT molecular complexity index is 1320. The van der Waals surface area contributed by atoms with E-state index in [4.69, 9.17) is 9.72 Å². The lowest BCUT2D eigenvalue weighted by Crippen LogP contribution is -2.42. The van der Waals surface area contributed by atoms with Gasteiger partial charge in [0.2, 0.25) is 0 Å². The second-order valence-electron chi connectivity index (χ2n) is 9.49. The molecule has 3 aromatic rings. The quantitative estimate of drug-likeness (QED) is 0.539. The molecule has 9 heteroatoms. The first kappa shape index (κ1) is 23.8. The first-order valence-corrected chi connectivity index (χ1v) is 14.0. The number of hydrogen-bond acceptors (Lipinski definition) is 6. The summed E-state index contributed by atoms with van der Waals surface area (Å²) >= 11 is 0. The highest BCUT2D eigenvalue weighted by Crippen LogP contribution is 2.36. The molecule has 8 nitrogen and oxygen atoms in total. The number of carbonyl (C=O) groups excluding carboxylic acids is 1. The van der Waals surface area contributed by atoms with Crippen LogP contribution in [0.5, 0.6) is 0 Å². The Hall–Kier alpha value is -2.91. The summed E-state index contributed by atoms with van der Waals surface area (Å²) in [5.41, 5.74) is 5.14. The highest BCUT2D eigenvalue weighted by atomic mass is 32.2. The van der Waals surface area contributed by atoms with Gasteiger partial charge in [-0.25, -0.2) is 18.2 Å². The lowest BCUT2D eigenvalue weighted by molar-refractivity contribution is 0.175. The number of carbonyl (C=O) groups is 1. The molecule has 0 bridgehead atoms. The SMILES string of the molecule is COC(=O)N1c2ccc3c(nc(Cc4ccccc4)n3CCN3CCS(=O)(=O)CC3)c2CC[C@@H]1C. The molecular weight excluding hydrogens is 464 g/mol. The van der Waals surface area contributed by atoms with Crippen LogP contribution in [0.3, 0.4) is 0 Å². The van der Waals surface area contributed by atoms with Crippen molar-refractivity contribution in [2.75, 3.05) is 43.1 Å². The molecule has 1 saturated heterocycles. The van der Waals surface area contributed by atoms with Gasteiger partial charge in [0.05, 0.1) is 35.3 Å². The van der Waals surface area contributed by atoms with Crippen molar-refractivity contribution in [3.05, 3.63) is 59.4 Å². The third-order valence-corrected chi connectivity index (χ3v) is 8.85. The minimum absolute atomic E-state index is 0.0636. The van der Waals surface area contributed by atoms with Gasteiger partial charge in [-0.15, -0.1) is 0 Å². The summed E-state index contributed by atoms with van der Waals surface area (Å²) in [6.45, 7) is 4.69. The fourth-order valence-corrected chi connectivity index (χ4v) is 6.51. The van der Waals surface area contributed by atoms with Crippen LogP contribution in [0, 0.1) is 0 Å². The molecule has 0 unspecified atom stereocenters. The fraction of sp³-hybridized carbons (Fsp3) is 0.462. The molecule has 2 aliphatic rings. The van der Waals surface area contributed by atoms with E-state index in [-0.39, 0.29) is 23.6 Å². The predicted octanol–water partition coefficient (Wildman–Crippen LogP) is 3.27. The van der Waals surface area contributed by atoms with Crippen LogP contribution in [-0.4, -0.2) is 73.3 Å². The maximum atomic E-state index is 12.5. The third kappa shape index (κ3) is 4.79. The highest BCUT2D eigenvalue weighted by Gasteiger charge is 2.31. The zero-order chi connectivity index (χ0) is 24.6. The van der Waals surface area contributed by atoms with Crippen LogP contribution in [0.15, 0.2) is 42.5 Å². The Morgan fingerprint density at radius 3 is 2.54 bits per heavy atom. The predicted molar refractivity (Wildman–Crippen MR) is 137 cm³/mol. The van der Waals surface area contributed by atoms with Gasteiger partial charge in [0.25, 0.3) is 0 Å². The number of rotatable bonds is 5. The Morgan fingerprint density at radius 1 is 1.09 bits per heavy atom. The van der Waals surface area contributed by atoms with Crippen LogP contribution < -0.4 is 4.90 Å². The molecule has 0 spiro atoms. The standard InChI is InChI=1S/C26H32N4O4S/c1-19-8-9-21-22(30(19)26(31)34-2)10-11-23-25(21)27-24(18-20-6-4-3-5-7-20)29(23)13-12-28-14-16-35(32,33)17-15-28/h3-7,10-11,19H,8-9,12-18H2,1-2H3/t19-/m0/s1. The van der Waals surface area contributed by atoms with Gasteiger partial charge in [-0.2, -0.15) is 0 Å². The molecule has 5 rings (SSSR count). The van der Waals surface area contributed by atoms with Crippen LogP contribution >= 0.6 is 0 Å². The molecule has 35 heavy (non-hydrogen) atoms. The van der Waals surface area contributed by atoms with Crippen molar-refractivity contribution in [3.63, 3.8) is 0 Å². The summed E-state index contributed by atoms with van der Waals surface area (Å²) in [6.07, 6.45) is 2.06. The van der Waals surface area contributed by atoms with E-state index in [0.29, 0.717) is 19.5 Å². The number of nitrogens with zero attached hydrogens (tertiary/aromatic N) is 4. The second-order valence-corrected chi connectivity index (χ2v) is 11.8. The number of methoxy groups -OCH3 is 1. The number of benzene rings is 2. The maximum absolute atomic E-state index is 12.5. The lowest BCUT2D eigenvalue weighted by Gasteiger charge is -2.34. The molecule has 3 heterocycles. The molecule has 2 aromatic carbocycles. The Morgan fingerprint density at radius 2 is 1.83 bits per heavy atom. The summed E-state index contributed by atoms with van der Waals surface area (Å²) in [5, 5.41) is 0. The van der Waals surface area contributed by atoms with Crippen LogP contribution in [-0.2, 0) is 34.0 Å². The van der Waals surface area contributed by atoms with E-state index in [1.165, 1.54) is 12.7 Å². The normalized spacial score (nSPS) is 20.1. The number of amides is 1. The zero-order valence-electron chi connectivity index (χ0n) is 20.3. The van der Waals surface area contributed by atoms with E-state index in [2.05, 4.69) is 27.7 Å². The van der Waals surface area contributed by atoms with Gasteiger partial charge in [-0.05, 0) is 37.5 Å². The minimum Gasteiger partial charge on any atom is -0.452 e. The summed E-state index contributed by atoms with van der Waals surface area (Å²) < 4.78 is 31.0. The van der Waals surface area contributed by atoms with Crippen molar-refractivity contribution in [3.8, 4) is 0 Å². The first-order valence-electron chi connectivity index (χ1n) is 12.2. The smallest absolute Gasteiger partial charge is 0.414 e. The van der Waals surface area contributed by atoms with Crippen LogP contribution in [0.4, 0.5) is 10.5 Å². The van der Waals surface area contributed by atoms with Gasteiger partial charge < -0.3 is 9.30 Å². The molecule has 0 radical (unpaired) electrons. The lowest BCUT2D eigenvalue weighted by atomic mass is 9.96. The third-order valence-electron chi connectivity index (χ3n) is 7.25. The van der Waals surface area contributed by atoms with Gasteiger partial charge in [-0.3, -0.25) is 9.80 Å². The fourth-order valence-electron chi connectivity index (χ4n) is 5.23. The van der Waals surface area contributed by atoms with Crippen molar-refractivity contribution < 1.29 is 17.9 Å². The van der Waals surface area contributed by atoms with E-state index in [1.807, 2.05) is 31.2 Å². The molecule has 1 aromatic heterocycles. The van der Waals surface area contributed by atoms with E-state index in [1.54, 1.807) is 4.90 Å². The van der Waals surface area contributed by atoms with Crippen molar-refractivity contribution in [2.45, 2.75) is 38.8 Å². The summed E-state index contributed by atoms with van der Waals surface area (Å²) in [5.74, 6) is 1.43. The molecular formula is C26H32N4O4S. The molecule has 0 N–H and O–H groups in total. The number of ether oxygens (including phenoxy) is 1. The van der Waals surface area contributed by atoms with E-state index in [0.717, 1.165) is 54.0 Å². The first-order chi connectivity index (χ1) is 16.9. The van der Waals surface area contributed by atoms with Crippen molar-refractivity contribution >= 4 is 32.7 Å². The maximum Gasteiger partial charge on any atom is 0.414 e.